The minimum atomic E-state index is -0.343. The van der Waals surface area contributed by atoms with E-state index in [0.717, 1.165) is 30.5 Å². The zero-order chi connectivity index (χ0) is 13.1. The van der Waals surface area contributed by atoms with Crippen LogP contribution in [0, 0.1) is 0 Å². The number of hydrogen-bond donors (Lipinski definition) is 1. The average molecular weight is 250 g/mol. The summed E-state index contributed by atoms with van der Waals surface area (Å²) in [4.78, 5) is 0. The number of aliphatic hydroxyl groups excluding tert-OH is 1. The molecule has 1 fully saturated rings. The summed E-state index contributed by atoms with van der Waals surface area (Å²) in [6, 6.07) is 0.572. The minimum Gasteiger partial charge on any atom is -0.388 e. The summed E-state index contributed by atoms with van der Waals surface area (Å²) < 4.78 is 2.24. The second-order valence-electron chi connectivity index (χ2n) is 5.32. The van der Waals surface area contributed by atoms with Crippen molar-refractivity contribution < 1.29 is 5.11 Å². The maximum Gasteiger partial charge on any atom is 0.0823 e. The van der Waals surface area contributed by atoms with Crippen LogP contribution >= 0.6 is 0 Å². The lowest BCUT2D eigenvalue weighted by Gasteiger charge is -2.15. The highest BCUT2D eigenvalue weighted by Crippen LogP contribution is 2.34. The molecule has 1 atom stereocenters. The molecule has 0 aliphatic heterocycles. The summed E-state index contributed by atoms with van der Waals surface area (Å²) in [5.41, 5.74) is 3.50. The molecule has 3 heteroatoms. The van der Waals surface area contributed by atoms with E-state index in [2.05, 4.69) is 18.5 Å². The fourth-order valence-corrected chi connectivity index (χ4v) is 3.19. The second kappa shape index (κ2) is 5.87. The topological polar surface area (TPSA) is 38.0 Å². The molecule has 1 aliphatic rings. The van der Waals surface area contributed by atoms with Gasteiger partial charge in [-0.05, 0) is 32.1 Å². The molecule has 102 valence electrons. The van der Waals surface area contributed by atoms with Crippen molar-refractivity contribution in [3.8, 4) is 0 Å². The molecule has 0 bridgehead atoms. The first-order valence-corrected chi connectivity index (χ1v) is 7.51. The minimum absolute atomic E-state index is 0.343. The van der Waals surface area contributed by atoms with E-state index >= 15 is 0 Å². The highest BCUT2D eigenvalue weighted by molar-refractivity contribution is 5.29. The van der Waals surface area contributed by atoms with Crippen LogP contribution in [0.1, 0.15) is 82.0 Å². The molecule has 18 heavy (non-hydrogen) atoms. The third-order valence-corrected chi connectivity index (χ3v) is 4.19. The van der Waals surface area contributed by atoms with Crippen LogP contribution in [0.25, 0.3) is 0 Å². The third kappa shape index (κ3) is 2.33. The monoisotopic (exact) mass is 250 g/mol. The van der Waals surface area contributed by atoms with Crippen LogP contribution < -0.4 is 0 Å². The van der Waals surface area contributed by atoms with Crippen molar-refractivity contribution in [1.29, 1.82) is 0 Å². The number of nitrogens with zero attached hydrogens (tertiary/aromatic N) is 2. The van der Waals surface area contributed by atoms with Gasteiger partial charge < -0.3 is 5.11 Å². The summed E-state index contributed by atoms with van der Waals surface area (Å²) in [6.07, 6.45) is 7.46. The summed E-state index contributed by atoms with van der Waals surface area (Å²) >= 11 is 0. The Hall–Kier alpha value is -0.830. The zero-order valence-electron chi connectivity index (χ0n) is 11.9. The molecule has 0 aromatic carbocycles. The fraction of sp³-hybridized carbons (Fsp3) is 0.800. The first-order chi connectivity index (χ1) is 8.72. The summed E-state index contributed by atoms with van der Waals surface area (Å²) in [7, 11) is 0. The maximum absolute atomic E-state index is 10.3. The Bertz CT molecular complexity index is 391. The average Bonchev–Trinajstić information content (AvgIpc) is 3.03. The van der Waals surface area contributed by atoms with E-state index < -0.39 is 0 Å². The molecule has 1 aromatic heterocycles. The van der Waals surface area contributed by atoms with Crippen LogP contribution in [0.2, 0.25) is 0 Å². The van der Waals surface area contributed by atoms with Crippen molar-refractivity contribution in [2.75, 3.05) is 0 Å². The van der Waals surface area contributed by atoms with Crippen molar-refractivity contribution in [2.45, 2.75) is 77.9 Å². The van der Waals surface area contributed by atoms with Gasteiger partial charge in [-0.2, -0.15) is 5.10 Å². The predicted octanol–water partition coefficient (Wildman–Crippen LogP) is 3.57. The molecule has 0 radical (unpaired) electrons. The normalized spacial score (nSPS) is 18.4. The van der Waals surface area contributed by atoms with Gasteiger partial charge in [0.25, 0.3) is 0 Å². The Labute approximate surface area is 110 Å². The zero-order valence-corrected chi connectivity index (χ0v) is 11.9. The highest BCUT2D eigenvalue weighted by atomic mass is 16.3. The van der Waals surface area contributed by atoms with Crippen molar-refractivity contribution in [1.82, 2.24) is 9.78 Å². The van der Waals surface area contributed by atoms with E-state index in [1.807, 2.05) is 6.92 Å². The molecule has 1 aliphatic carbocycles. The van der Waals surface area contributed by atoms with Gasteiger partial charge in [-0.15, -0.1) is 0 Å². The first kappa shape index (κ1) is 13.6. The predicted molar refractivity (Wildman–Crippen MR) is 73.7 cm³/mol. The summed E-state index contributed by atoms with van der Waals surface area (Å²) in [6.45, 7) is 6.34. The molecule has 3 nitrogen and oxygen atoms in total. The number of aryl methyl sites for hydroxylation is 1. The molecule has 0 spiro atoms. The lowest BCUT2D eigenvalue weighted by molar-refractivity contribution is 0.171. The van der Waals surface area contributed by atoms with Crippen LogP contribution in [0.3, 0.4) is 0 Å². The van der Waals surface area contributed by atoms with Gasteiger partial charge in [0.15, 0.2) is 0 Å². The largest absolute Gasteiger partial charge is 0.388 e. The second-order valence-corrected chi connectivity index (χ2v) is 5.32. The standard InChI is InChI=1S/C15H26N2O/c1-4-12-15(14(18)6-3)13(5-2)17(16-12)11-9-7-8-10-11/h11,14,18H,4-10H2,1-3H3. The smallest absolute Gasteiger partial charge is 0.0823 e. The van der Waals surface area contributed by atoms with Gasteiger partial charge in [0.05, 0.1) is 17.8 Å². The SMILES string of the molecule is CCc1nn(C2CCCC2)c(CC)c1C(O)CC. The molecule has 1 unspecified atom stereocenters. The molecular formula is C15H26N2O. The number of rotatable bonds is 5. The van der Waals surface area contributed by atoms with Gasteiger partial charge in [-0.1, -0.05) is 33.6 Å². The first-order valence-electron chi connectivity index (χ1n) is 7.51. The molecular weight excluding hydrogens is 224 g/mol. The molecule has 1 saturated carbocycles. The van der Waals surface area contributed by atoms with Gasteiger partial charge in [-0.25, -0.2) is 0 Å². The number of aromatic nitrogens is 2. The molecule has 0 saturated heterocycles. The Kier molecular flexibility index (Phi) is 4.44. The molecule has 1 aromatic rings. The summed E-state index contributed by atoms with van der Waals surface area (Å²) in [5.74, 6) is 0. The Morgan fingerprint density at radius 2 is 1.89 bits per heavy atom. The number of hydrogen-bond acceptors (Lipinski definition) is 2. The lowest BCUT2D eigenvalue weighted by atomic mass is 10.0. The Morgan fingerprint density at radius 1 is 1.22 bits per heavy atom. The van der Waals surface area contributed by atoms with E-state index in [1.54, 1.807) is 0 Å². The fourth-order valence-electron chi connectivity index (χ4n) is 3.19. The van der Waals surface area contributed by atoms with Gasteiger partial charge in [0, 0.05) is 11.3 Å². The maximum atomic E-state index is 10.3. The molecule has 1 heterocycles. The lowest BCUT2D eigenvalue weighted by Crippen LogP contribution is -2.11. The summed E-state index contributed by atoms with van der Waals surface area (Å²) in [5, 5.41) is 15.1. The van der Waals surface area contributed by atoms with E-state index in [4.69, 9.17) is 5.10 Å². The van der Waals surface area contributed by atoms with Gasteiger partial charge in [0.1, 0.15) is 0 Å². The van der Waals surface area contributed by atoms with E-state index in [1.165, 1.54) is 31.4 Å². The van der Waals surface area contributed by atoms with Crippen LogP contribution in [0.5, 0.6) is 0 Å². The quantitative estimate of drug-likeness (QED) is 0.867. The number of aliphatic hydroxyl groups is 1. The third-order valence-electron chi connectivity index (χ3n) is 4.19. The molecule has 2 rings (SSSR count). The van der Waals surface area contributed by atoms with Gasteiger partial charge >= 0.3 is 0 Å². The molecule has 0 amide bonds. The van der Waals surface area contributed by atoms with Gasteiger partial charge in [0.2, 0.25) is 0 Å². The van der Waals surface area contributed by atoms with Crippen LogP contribution in [-0.2, 0) is 12.8 Å². The van der Waals surface area contributed by atoms with Crippen LogP contribution in [0.15, 0.2) is 0 Å². The molecule has 1 N–H and O–H groups in total. The van der Waals surface area contributed by atoms with Crippen molar-refractivity contribution >= 4 is 0 Å². The van der Waals surface area contributed by atoms with Crippen molar-refractivity contribution in [3.63, 3.8) is 0 Å². The highest BCUT2D eigenvalue weighted by Gasteiger charge is 2.26. The van der Waals surface area contributed by atoms with Crippen molar-refractivity contribution in [3.05, 3.63) is 17.0 Å². The van der Waals surface area contributed by atoms with Gasteiger partial charge in [-0.3, -0.25) is 4.68 Å². The van der Waals surface area contributed by atoms with E-state index in [9.17, 15) is 5.11 Å². The van der Waals surface area contributed by atoms with E-state index in [0.29, 0.717) is 6.04 Å². The van der Waals surface area contributed by atoms with Crippen molar-refractivity contribution in [2.24, 2.45) is 0 Å². The van der Waals surface area contributed by atoms with Crippen LogP contribution in [0.4, 0.5) is 0 Å². The van der Waals surface area contributed by atoms with Crippen LogP contribution in [-0.4, -0.2) is 14.9 Å². The van der Waals surface area contributed by atoms with E-state index in [-0.39, 0.29) is 6.10 Å². The Balaban J connectivity index is 2.43. The Morgan fingerprint density at radius 3 is 2.39 bits per heavy atom.